The Morgan fingerprint density at radius 2 is 1.78 bits per heavy atom. The highest BCUT2D eigenvalue weighted by Crippen LogP contribution is 2.30. The molecule has 0 aromatic heterocycles. The van der Waals surface area contributed by atoms with Crippen LogP contribution in [0.25, 0.3) is 21.9 Å². The molecule has 1 heteroatoms. The summed E-state index contributed by atoms with van der Waals surface area (Å²) in [5.41, 5.74) is 2.38. The van der Waals surface area contributed by atoms with Gasteiger partial charge in [0.15, 0.2) is 0 Å². The Bertz CT molecular complexity index is 681. The van der Waals surface area contributed by atoms with Gasteiger partial charge in [0.1, 0.15) is 5.75 Å². The number of methoxy groups -OCH3 is 1. The largest absolute Gasteiger partial charge is 0.496 e. The van der Waals surface area contributed by atoms with E-state index >= 15 is 0 Å². The molecule has 0 unspecified atom stereocenters. The van der Waals surface area contributed by atoms with Crippen molar-refractivity contribution in [2.24, 2.45) is 0 Å². The minimum Gasteiger partial charge on any atom is -0.496 e. The molecule has 0 aliphatic rings. The van der Waals surface area contributed by atoms with Gasteiger partial charge in [-0.25, -0.2) is 0 Å². The normalized spacial score (nSPS) is 10.5. The van der Waals surface area contributed by atoms with Gasteiger partial charge in [-0.2, -0.15) is 0 Å². The van der Waals surface area contributed by atoms with Gasteiger partial charge in [0.05, 0.1) is 7.11 Å². The highest BCUT2D eigenvalue weighted by Gasteiger charge is 2.04. The molecule has 0 heterocycles. The molecule has 3 rings (SSSR count). The smallest absolute Gasteiger partial charge is 0.127 e. The van der Waals surface area contributed by atoms with E-state index < -0.39 is 0 Å². The molecule has 0 atom stereocenters. The summed E-state index contributed by atoms with van der Waals surface area (Å²) < 4.78 is 5.23. The SMILES string of the molecule is COc1[c]ccc(-c2cccc3ccccc23)c1. The molecule has 0 amide bonds. The zero-order valence-corrected chi connectivity index (χ0v) is 10.2. The molecule has 3 aromatic carbocycles. The summed E-state index contributed by atoms with van der Waals surface area (Å²) >= 11 is 0. The Morgan fingerprint density at radius 3 is 2.67 bits per heavy atom. The summed E-state index contributed by atoms with van der Waals surface area (Å²) in [5.74, 6) is 0.764. The Kier molecular flexibility index (Phi) is 2.73. The predicted molar refractivity (Wildman–Crippen MR) is 74.8 cm³/mol. The molecule has 0 spiro atoms. The molecule has 0 saturated heterocycles. The fourth-order valence-electron chi connectivity index (χ4n) is 2.21. The Balaban J connectivity index is 2.24. The third-order valence-electron chi connectivity index (χ3n) is 3.10. The van der Waals surface area contributed by atoms with Crippen molar-refractivity contribution in [2.75, 3.05) is 7.11 Å². The van der Waals surface area contributed by atoms with Crippen LogP contribution >= 0.6 is 0 Å². The van der Waals surface area contributed by atoms with E-state index in [0.29, 0.717) is 0 Å². The van der Waals surface area contributed by atoms with Crippen molar-refractivity contribution < 1.29 is 4.74 Å². The highest BCUT2D eigenvalue weighted by molar-refractivity contribution is 5.96. The van der Waals surface area contributed by atoms with Crippen molar-refractivity contribution in [3.8, 4) is 16.9 Å². The third kappa shape index (κ3) is 1.84. The van der Waals surface area contributed by atoms with Crippen molar-refractivity contribution in [1.82, 2.24) is 0 Å². The zero-order chi connectivity index (χ0) is 12.4. The lowest BCUT2D eigenvalue weighted by atomic mass is 9.98. The van der Waals surface area contributed by atoms with E-state index in [1.54, 1.807) is 7.11 Å². The quantitative estimate of drug-likeness (QED) is 0.640. The fourth-order valence-corrected chi connectivity index (χ4v) is 2.21. The van der Waals surface area contributed by atoms with E-state index in [-0.39, 0.29) is 0 Å². The molecule has 87 valence electrons. The first-order valence-electron chi connectivity index (χ1n) is 5.92. The number of fused-ring (bicyclic) bond motifs is 1. The maximum atomic E-state index is 5.23. The molecule has 18 heavy (non-hydrogen) atoms. The number of rotatable bonds is 2. The molecule has 0 N–H and O–H groups in total. The lowest BCUT2D eigenvalue weighted by Crippen LogP contribution is -1.85. The first-order chi connectivity index (χ1) is 8.88. The van der Waals surface area contributed by atoms with E-state index in [4.69, 9.17) is 4.74 Å². The monoisotopic (exact) mass is 233 g/mol. The molecule has 3 aromatic rings. The van der Waals surface area contributed by atoms with E-state index in [2.05, 4.69) is 54.6 Å². The lowest BCUT2D eigenvalue weighted by molar-refractivity contribution is 0.414. The molecule has 0 aliphatic heterocycles. The van der Waals surface area contributed by atoms with Crippen molar-refractivity contribution in [3.63, 3.8) is 0 Å². The van der Waals surface area contributed by atoms with E-state index in [1.807, 2.05) is 12.1 Å². The number of benzene rings is 3. The first kappa shape index (κ1) is 10.8. The van der Waals surface area contributed by atoms with Gasteiger partial charge in [0, 0.05) is 6.07 Å². The fraction of sp³-hybridized carbons (Fsp3) is 0.0588. The molecule has 1 radical (unpaired) electrons. The van der Waals surface area contributed by atoms with Crippen LogP contribution in [0.15, 0.2) is 60.7 Å². The zero-order valence-electron chi connectivity index (χ0n) is 10.2. The maximum Gasteiger partial charge on any atom is 0.127 e. The summed E-state index contributed by atoms with van der Waals surface area (Å²) in [7, 11) is 1.67. The minimum atomic E-state index is 0.764. The van der Waals surface area contributed by atoms with Gasteiger partial charge in [0.2, 0.25) is 0 Å². The van der Waals surface area contributed by atoms with Gasteiger partial charge >= 0.3 is 0 Å². The van der Waals surface area contributed by atoms with E-state index in [9.17, 15) is 0 Å². The average Bonchev–Trinajstić information content (AvgIpc) is 2.47. The standard InChI is InChI=1S/C17H13O/c1-18-15-9-4-8-14(12-15)17-11-5-7-13-6-2-3-10-16(13)17/h2-8,10-12H,1H3. The second-order valence-electron chi connectivity index (χ2n) is 4.17. The average molecular weight is 233 g/mol. The van der Waals surface area contributed by atoms with E-state index in [1.165, 1.54) is 16.3 Å². The summed E-state index contributed by atoms with van der Waals surface area (Å²) in [6.45, 7) is 0. The second-order valence-corrected chi connectivity index (χ2v) is 4.17. The van der Waals surface area contributed by atoms with Crippen LogP contribution in [-0.2, 0) is 0 Å². The highest BCUT2D eigenvalue weighted by atomic mass is 16.5. The molecule has 1 nitrogen and oxygen atoms in total. The molecule has 0 saturated carbocycles. The molecule has 0 aliphatic carbocycles. The van der Waals surface area contributed by atoms with Gasteiger partial charge < -0.3 is 4.74 Å². The van der Waals surface area contributed by atoms with Crippen LogP contribution in [0.5, 0.6) is 5.75 Å². The van der Waals surface area contributed by atoms with Gasteiger partial charge in [-0.1, -0.05) is 48.5 Å². The van der Waals surface area contributed by atoms with Crippen molar-refractivity contribution in [1.29, 1.82) is 0 Å². The number of ether oxygens (including phenoxy) is 1. The van der Waals surface area contributed by atoms with Crippen molar-refractivity contribution in [2.45, 2.75) is 0 Å². The Morgan fingerprint density at radius 1 is 0.944 bits per heavy atom. The predicted octanol–water partition coefficient (Wildman–Crippen LogP) is 4.32. The summed E-state index contributed by atoms with van der Waals surface area (Å²) in [4.78, 5) is 0. The Labute approximate surface area is 107 Å². The van der Waals surface area contributed by atoms with Gasteiger partial charge in [-0.3, -0.25) is 0 Å². The molecular formula is C17H13O. The van der Waals surface area contributed by atoms with Crippen molar-refractivity contribution >= 4 is 10.8 Å². The molecule has 0 fully saturated rings. The van der Waals surface area contributed by atoms with Crippen LogP contribution in [0.3, 0.4) is 0 Å². The van der Waals surface area contributed by atoms with Crippen LogP contribution in [-0.4, -0.2) is 7.11 Å². The van der Waals surface area contributed by atoms with Crippen LogP contribution < -0.4 is 4.74 Å². The molecule has 0 bridgehead atoms. The van der Waals surface area contributed by atoms with Crippen LogP contribution in [0.2, 0.25) is 0 Å². The summed E-state index contributed by atoms with van der Waals surface area (Å²) in [5, 5.41) is 2.51. The van der Waals surface area contributed by atoms with Gasteiger partial charge in [0.25, 0.3) is 0 Å². The number of hydrogen-bond acceptors (Lipinski definition) is 1. The van der Waals surface area contributed by atoms with Gasteiger partial charge in [-0.05, 0) is 34.0 Å². The van der Waals surface area contributed by atoms with Crippen LogP contribution in [0.1, 0.15) is 0 Å². The summed E-state index contributed by atoms with van der Waals surface area (Å²) in [6.07, 6.45) is 0. The van der Waals surface area contributed by atoms with Gasteiger partial charge in [-0.15, -0.1) is 0 Å². The topological polar surface area (TPSA) is 9.23 Å². The van der Waals surface area contributed by atoms with Crippen LogP contribution in [0, 0.1) is 6.07 Å². The summed E-state index contributed by atoms with van der Waals surface area (Å²) in [6, 6.07) is 23.8. The minimum absolute atomic E-state index is 0.764. The first-order valence-corrected chi connectivity index (χ1v) is 5.92. The number of hydrogen-bond donors (Lipinski definition) is 0. The van der Waals surface area contributed by atoms with E-state index in [0.717, 1.165) is 11.3 Å². The maximum absolute atomic E-state index is 5.23. The Hall–Kier alpha value is -2.28. The lowest BCUT2D eigenvalue weighted by Gasteiger charge is -2.08. The second kappa shape index (κ2) is 4.53. The van der Waals surface area contributed by atoms with Crippen molar-refractivity contribution in [3.05, 3.63) is 66.7 Å². The molecular weight excluding hydrogens is 220 g/mol. The van der Waals surface area contributed by atoms with Crippen LogP contribution in [0.4, 0.5) is 0 Å². The third-order valence-corrected chi connectivity index (χ3v) is 3.10.